The molecule has 0 fully saturated rings. The van der Waals surface area contributed by atoms with Gasteiger partial charge in [-0.2, -0.15) is 0 Å². The van der Waals surface area contributed by atoms with Gasteiger partial charge >= 0.3 is 5.97 Å². The molecule has 0 radical (unpaired) electrons. The molecule has 0 aromatic heterocycles. The molecule has 2 aromatic rings. The monoisotopic (exact) mass is 899 g/mol. The van der Waals surface area contributed by atoms with Gasteiger partial charge in [0, 0.05) is 54.6 Å². The Hall–Kier alpha value is -4.40. The molecule has 3 N–H and O–H groups in total. The average Bonchev–Trinajstić information content (AvgIpc) is 3.26. The number of thiocarbonyl (C=S) groups is 1. The van der Waals surface area contributed by atoms with Crippen molar-refractivity contribution in [3.8, 4) is 28.2 Å². The van der Waals surface area contributed by atoms with E-state index in [4.69, 9.17) is 59.3 Å². The number of nitrogens with one attached hydrogen (secondary N) is 1. The van der Waals surface area contributed by atoms with Crippen molar-refractivity contribution in [3.63, 3.8) is 0 Å². The van der Waals surface area contributed by atoms with Crippen molar-refractivity contribution in [2.75, 3.05) is 125 Å². The van der Waals surface area contributed by atoms with Crippen LogP contribution in [0.3, 0.4) is 0 Å². The lowest BCUT2D eigenvalue weighted by molar-refractivity contribution is -0.122. The van der Waals surface area contributed by atoms with Gasteiger partial charge < -0.3 is 62.6 Å². The molecule has 16 nitrogen and oxygen atoms in total. The molecular weight excluding hydrogens is 839 g/mol. The minimum atomic E-state index is -1.12. The number of phenols is 1. The Bertz CT molecular complexity index is 1990. The van der Waals surface area contributed by atoms with Crippen molar-refractivity contribution < 1.29 is 66.9 Å². The van der Waals surface area contributed by atoms with E-state index < -0.39 is 5.97 Å². The maximum Gasteiger partial charge on any atom is 0.336 e. The second-order valence-electron chi connectivity index (χ2n) is 14.0. The molecule has 1 aliphatic carbocycles. The summed E-state index contributed by atoms with van der Waals surface area (Å²) in [5.74, 6) is -0.992. The Labute approximate surface area is 373 Å². The lowest BCUT2D eigenvalue weighted by Crippen LogP contribution is -2.26. The van der Waals surface area contributed by atoms with Crippen molar-refractivity contribution >= 4 is 39.9 Å². The van der Waals surface area contributed by atoms with Crippen LogP contribution in [0.4, 0.5) is 0 Å². The number of amides is 1. The second-order valence-corrected chi connectivity index (χ2v) is 14.6. The van der Waals surface area contributed by atoms with E-state index >= 15 is 0 Å². The van der Waals surface area contributed by atoms with Crippen LogP contribution >= 0.6 is 12.2 Å². The van der Waals surface area contributed by atoms with Gasteiger partial charge in [-0.25, -0.2) is 4.79 Å². The number of carbonyl (C=O) groups excluding carboxylic acids is 1. The predicted molar refractivity (Wildman–Crippen MR) is 239 cm³/mol. The number of rotatable bonds is 36. The van der Waals surface area contributed by atoms with E-state index in [9.17, 15) is 24.6 Å². The molecular formula is C46H61NO15S. The molecule has 0 spiro atoms. The SMILES string of the molecule is CCOCCOCCOCCOCCOCCOCCOCCOCCOCCC(=O)NCCCC(=S)Cc1ccc(-c2c3ccc(=O)cc-3oc3cc(O)ccc23)c(C(=O)O)c1. The van der Waals surface area contributed by atoms with E-state index in [-0.39, 0.29) is 41.4 Å². The standard InChI is InChI=1S/C46H61NO15S/c1-2-53-14-15-55-18-19-57-22-23-59-26-27-61-29-28-60-25-24-58-21-20-56-17-16-54-13-11-44(50)47-12-3-4-37(63)30-34-5-8-38(41(31-34)46(51)52)45-39-9-6-35(48)32-42(39)62-43-33-36(49)7-10-40(43)45/h5-10,31-33,48H,2-4,11-30H2,1H3,(H,47,50)(H,51,52). The lowest BCUT2D eigenvalue weighted by Gasteiger charge is -2.17. The van der Waals surface area contributed by atoms with Gasteiger partial charge in [0.25, 0.3) is 0 Å². The van der Waals surface area contributed by atoms with E-state index in [0.717, 1.165) is 10.4 Å². The van der Waals surface area contributed by atoms with E-state index in [1.165, 1.54) is 24.3 Å². The van der Waals surface area contributed by atoms with Crippen LogP contribution < -0.4 is 10.7 Å². The van der Waals surface area contributed by atoms with Gasteiger partial charge in [-0.15, -0.1) is 0 Å². The molecule has 1 heterocycles. The summed E-state index contributed by atoms with van der Waals surface area (Å²) < 4.78 is 54.8. The fourth-order valence-electron chi connectivity index (χ4n) is 6.23. The highest BCUT2D eigenvalue weighted by Gasteiger charge is 2.22. The Morgan fingerprint density at radius 2 is 1.16 bits per heavy atom. The summed E-state index contributed by atoms with van der Waals surface area (Å²) >= 11 is 5.62. The topological polar surface area (TPSA) is 200 Å². The zero-order valence-corrected chi connectivity index (χ0v) is 36.9. The van der Waals surface area contributed by atoms with Gasteiger partial charge in [-0.1, -0.05) is 24.4 Å². The Balaban J connectivity index is 0.963. The number of hydrogen-bond acceptors (Lipinski definition) is 15. The fraction of sp³-hybridized carbons (Fsp3) is 0.522. The number of fused-ring (bicyclic) bond motifs is 2. The molecule has 1 aliphatic heterocycles. The molecule has 17 heteroatoms. The summed E-state index contributed by atoms with van der Waals surface area (Å²) in [6.45, 7) is 11.1. The number of benzene rings is 3. The number of ether oxygens (including phenoxy) is 9. The quantitative estimate of drug-likeness (QED) is 0.0300. The highest BCUT2D eigenvalue weighted by Crippen LogP contribution is 2.42. The van der Waals surface area contributed by atoms with Crippen molar-refractivity contribution in [1.29, 1.82) is 0 Å². The second kappa shape index (κ2) is 30.6. The maximum atomic E-state index is 12.5. The van der Waals surface area contributed by atoms with Gasteiger partial charge in [0.15, 0.2) is 5.43 Å². The maximum absolute atomic E-state index is 12.5. The largest absolute Gasteiger partial charge is 0.508 e. The number of aromatic carboxylic acids is 1. The van der Waals surface area contributed by atoms with Crippen LogP contribution in [0.1, 0.15) is 42.1 Å². The Morgan fingerprint density at radius 3 is 1.70 bits per heavy atom. The minimum absolute atomic E-state index is 0.0243. The first-order chi connectivity index (χ1) is 30.8. The average molecular weight is 900 g/mol. The summed E-state index contributed by atoms with van der Waals surface area (Å²) in [6.07, 6.45) is 1.81. The van der Waals surface area contributed by atoms with Crippen molar-refractivity contribution in [2.24, 2.45) is 0 Å². The number of aromatic hydroxyl groups is 1. The number of carboxylic acids is 1. The number of hydrogen-bond donors (Lipinski definition) is 3. The van der Waals surface area contributed by atoms with Gasteiger partial charge in [-0.05, 0) is 66.1 Å². The molecule has 0 saturated heterocycles. The Kier molecular flexibility index (Phi) is 24.9. The molecule has 2 aliphatic rings. The van der Waals surface area contributed by atoms with Crippen molar-refractivity contribution in [1.82, 2.24) is 5.32 Å². The van der Waals surface area contributed by atoms with Crippen LogP contribution in [-0.2, 0) is 53.8 Å². The fourth-order valence-corrected chi connectivity index (χ4v) is 6.54. The van der Waals surface area contributed by atoms with E-state index in [1.54, 1.807) is 24.3 Å². The van der Waals surface area contributed by atoms with Crippen molar-refractivity contribution in [2.45, 2.75) is 32.6 Å². The first-order valence-corrected chi connectivity index (χ1v) is 21.7. The van der Waals surface area contributed by atoms with E-state index in [1.807, 2.05) is 13.0 Å². The van der Waals surface area contributed by atoms with E-state index in [2.05, 4.69) is 5.32 Å². The predicted octanol–water partition coefficient (Wildman–Crippen LogP) is 5.34. The zero-order chi connectivity index (χ0) is 44.9. The third kappa shape index (κ3) is 19.9. The molecule has 0 saturated carbocycles. The van der Waals surface area contributed by atoms with E-state index in [0.29, 0.717) is 166 Å². The van der Waals surface area contributed by atoms with Gasteiger partial charge in [0.2, 0.25) is 5.91 Å². The molecule has 0 atom stereocenters. The highest BCUT2D eigenvalue weighted by atomic mass is 32.1. The molecule has 63 heavy (non-hydrogen) atoms. The zero-order valence-electron chi connectivity index (χ0n) is 36.1. The van der Waals surface area contributed by atoms with Gasteiger partial charge in [0.05, 0.1) is 118 Å². The van der Waals surface area contributed by atoms with Gasteiger partial charge in [0.1, 0.15) is 17.1 Å². The summed E-state index contributed by atoms with van der Waals surface area (Å²) in [6, 6.07) is 14.1. The molecule has 1 amide bonds. The van der Waals surface area contributed by atoms with Crippen LogP contribution in [-0.4, -0.2) is 152 Å². The number of carboxylic acid groups (broad SMARTS) is 1. The smallest absolute Gasteiger partial charge is 0.336 e. The van der Waals surface area contributed by atoms with Crippen LogP contribution in [0.25, 0.3) is 33.4 Å². The molecule has 0 bridgehead atoms. The summed E-state index contributed by atoms with van der Waals surface area (Å²) in [7, 11) is 0. The first-order valence-electron chi connectivity index (χ1n) is 21.3. The molecule has 346 valence electrons. The normalized spacial score (nSPS) is 11.4. The first kappa shape index (κ1) is 51.2. The summed E-state index contributed by atoms with van der Waals surface area (Å²) in [5.41, 5.74) is 2.45. The van der Waals surface area contributed by atoms with Crippen molar-refractivity contribution in [3.05, 3.63) is 75.9 Å². The van der Waals surface area contributed by atoms with Crippen LogP contribution in [0.2, 0.25) is 0 Å². The summed E-state index contributed by atoms with van der Waals surface area (Å²) in [4.78, 5) is 37.7. The molecule has 0 unspecified atom stereocenters. The van der Waals surface area contributed by atoms with Crippen LogP contribution in [0.15, 0.2) is 63.8 Å². The number of carbonyl (C=O) groups is 2. The van der Waals surface area contributed by atoms with Gasteiger partial charge in [-0.3, -0.25) is 9.59 Å². The lowest BCUT2D eigenvalue weighted by atomic mass is 9.89. The Morgan fingerprint density at radius 1 is 0.635 bits per heavy atom. The van der Waals surface area contributed by atoms with Crippen LogP contribution in [0.5, 0.6) is 5.75 Å². The third-order valence-electron chi connectivity index (χ3n) is 9.27. The molecule has 2 aromatic carbocycles. The number of phenolic OH excluding ortho intramolecular Hbond substituents is 1. The minimum Gasteiger partial charge on any atom is -0.508 e. The molecule has 4 rings (SSSR count). The highest BCUT2D eigenvalue weighted by molar-refractivity contribution is 7.80. The van der Waals surface area contributed by atoms with Crippen LogP contribution in [0, 0.1) is 0 Å². The third-order valence-corrected chi connectivity index (χ3v) is 9.62. The summed E-state index contributed by atoms with van der Waals surface area (Å²) in [5, 5.41) is 23.8.